The highest BCUT2D eigenvalue weighted by Crippen LogP contribution is 2.36. The van der Waals surface area contributed by atoms with Crippen LogP contribution in [0.5, 0.6) is 5.75 Å². The maximum absolute atomic E-state index is 12.9. The molecule has 1 heterocycles. The van der Waals surface area contributed by atoms with E-state index in [0.717, 1.165) is 17.7 Å². The Bertz CT molecular complexity index is 881. The van der Waals surface area contributed by atoms with Gasteiger partial charge in [0.1, 0.15) is 5.75 Å². The molecule has 0 atom stereocenters. The molecule has 0 N–H and O–H groups in total. The minimum atomic E-state index is -0.0426. The molecule has 0 bridgehead atoms. The number of amidine groups is 1. The highest BCUT2D eigenvalue weighted by Gasteiger charge is 2.33. The van der Waals surface area contributed by atoms with Crippen molar-refractivity contribution >= 4 is 46.2 Å². The number of para-hydroxylation sites is 1. The van der Waals surface area contributed by atoms with E-state index in [1.807, 2.05) is 62.4 Å². The van der Waals surface area contributed by atoms with E-state index in [1.54, 1.807) is 11.0 Å². The number of carbonyl (C=O) groups excluding carboxylic acids is 1. The summed E-state index contributed by atoms with van der Waals surface area (Å²) in [6.45, 7) is 5.14. The minimum absolute atomic E-state index is 0.0426. The van der Waals surface area contributed by atoms with Crippen molar-refractivity contribution in [2.75, 3.05) is 13.2 Å². The van der Waals surface area contributed by atoms with E-state index in [2.05, 4.69) is 4.99 Å². The molecule has 6 heteroatoms. The van der Waals surface area contributed by atoms with Crippen molar-refractivity contribution in [3.8, 4) is 5.75 Å². The van der Waals surface area contributed by atoms with Crippen LogP contribution in [-0.4, -0.2) is 29.1 Å². The van der Waals surface area contributed by atoms with Crippen molar-refractivity contribution in [1.29, 1.82) is 0 Å². The third-order valence-electron chi connectivity index (χ3n) is 3.87. The Morgan fingerprint density at radius 2 is 1.96 bits per heavy atom. The van der Waals surface area contributed by atoms with Crippen LogP contribution in [0.25, 0.3) is 6.08 Å². The predicted molar refractivity (Wildman–Crippen MR) is 114 cm³/mol. The van der Waals surface area contributed by atoms with Gasteiger partial charge in [-0.15, -0.1) is 0 Å². The second kappa shape index (κ2) is 9.11. The molecule has 0 aliphatic carbocycles. The van der Waals surface area contributed by atoms with E-state index in [9.17, 15) is 4.79 Å². The zero-order valence-corrected chi connectivity index (χ0v) is 16.9. The van der Waals surface area contributed by atoms with Gasteiger partial charge in [0.15, 0.2) is 5.17 Å². The monoisotopic (exact) mass is 400 g/mol. The van der Waals surface area contributed by atoms with Crippen LogP contribution in [0, 0.1) is 0 Å². The number of ether oxygens (including phenoxy) is 1. The summed E-state index contributed by atoms with van der Waals surface area (Å²) < 4.78 is 5.67. The van der Waals surface area contributed by atoms with Gasteiger partial charge in [-0.25, -0.2) is 4.99 Å². The van der Waals surface area contributed by atoms with Crippen molar-refractivity contribution in [2.24, 2.45) is 4.99 Å². The smallest absolute Gasteiger partial charge is 0.266 e. The molecule has 0 spiro atoms. The lowest BCUT2D eigenvalue weighted by molar-refractivity contribution is -0.122. The first-order chi connectivity index (χ1) is 13.1. The van der Waals surface area contributed by atoms with Gasteiger partial charge in [-0.1, -0.05) is 36.7 Å². The fourth-order valence-electron chi connectivity index (χ4n) is 2.69. The molecule has 1 amide bonds. The molecule has 1 fully saturated rings. The molecular formula is C21H21ClN2O2S. The third kappa shape index (κ3) is 4.73. The van der Waals surface area contributed by atoms with Gasteiger partial charge < -0.3 is 4.74 Å². The number of rotatable bonds is 6. The molecular weight excluding hydrogens is 380 g/mol. The number of halogens is 1. The molecule has 0 radical (unpaired) electrons. The van der Waals surface area contributed by atoms with Crippen LogP contribution in [-0.2, 0) is 4.79 Å². The topological polar surface area (TPSA) is 41.9 Å². The van der Waals surface area contributed by atoms with Gasteiger partial charge in [0, 0.05) is 17.1 Å². The van der Waals surface area contributed by atoms with Crippen LogP contribution in [0.3, 0.4) is 0 Å². The van der Waals surface area contributed by atoms with Crippen LogP contribution in [0.2, 0.25) is 5.02 Å². The maximum Gasteiger partial charge on any atom is 0.266 e. The highest BCUT2D eigenvalue weighted by atomic mass is 35.5. The highest BCUT2D eigenvalue weighted by molar-refractivity contribution is 8.18. The predicted octanol–water partition coefficient (Wildman–Crippen LogP) is 5.75. The van der Waals surface area contributed by atoms with E-state index in [4.69, 9.17) is 16.3 Å². The summed E-state index contributed by atoms with van der Waals surface area (Å²) in [6.07, 6.45) is 2.69. The summed E-state index contributed by atoms with van der Waals surface area (Å²) in [4.78, 5) is 19.9. The number of carbonyl (C=O) groups is 1. The Morgan fingerprint density at radius 1 is 1.19 bits per heavy atom. The largest absolute Gasteiger partial charge is 0.493 e. The number of benzene rings is 2. The first-order valence-electron chi connectivity index (χ1n) is 8.90. The van der Waals surface area contributed by atoms with Crippen LogP contribution < -0.4 is 4.74 Å². The second-order valence-corrected chi connectivity index (χ2v) is 7.36. The molecule has 27 heavy (non-hydrogen) atoms. The summed E-state index contributed by atoms with van der Waals surface area (Å²) in [5.41, 5.74) is 1.62. The van der Waals surface area contributed by atoms with E-state index in [-0.39, 0.29) is 5.91 Å². The average Bonchev–Trinajstić information content (AvgIpc) is 2.94. The number of aliphatic imine (C=N–C) groups is 1. The molecule has 2 aromatic rings. The summed E-state index contributed by atoms with van der Waals surface area (Å²) in [5, 5.41) is 1.30. The number of amides is 1. The van der Waals surface area contributed by atoms with Crippen molar-refractivity contribution in [2.45, 2.75) is 20.3 Å². The van der Waals surface area contributed by atoms with Crippen LogP contribution >= 0.6 is 23.4 Å². The normalized spacial score (nSPS) is 17.1. The lowest BCUT2D eigenvalue weighted by Gasteiger charge is -2.13. The summed E-state index contributed by atoms with van der Waals surface area (Å²) in [5.74, 6) is 0.664. The SMILES string of the molecule is CCCN1C(=O)/C(=C\c2cc(Cl)ccc2OCC)SC1=Nc1ccccc1. The van der Waals surface area contributed by atoms with Crippen molar-refractivity contribution in [3.05, 3.63) is 64.0 Å². The van der Waals surface area contributed by atoms with Gasteiger partial charge in [0.25, 0.3) is 5.91 Å². The summed E-state index contributed by atoms with van der Waals surface area (Å²) in [7, 11) is 0. The fraction of sp³-hybridized carbons (Fsp3) is 0.238. The van der Waals surface area contributed by atoms with E-state index < -0.39 is 0 Å². The van der Waals surface area contributed by atoms with Gasteiger partial charge in [-0.05, 0) is 61.5 Å². The molecule has 4 nitrogen and oxygen atoms in total. The van der Waals surface area contributed by atoms with E-state index in [0.29, 0.717) is 34.0 Å². The molecule has 1 saturated heterocycles. The molecule has 2 aromatic carbocycles. The molecule has 0 aromatic heterocycles. The van der Waals surface area contributed by atoms with Gasteiger partial charge in [0.2, 0.25) is 0 Å². The summed E-state index contributed by atoms with van der Waals surface area (Å²) in [6, 6.07) is 15.1. The Kier molecular flexibility index (Phi) is 6.58. The van der Waals surface area contributed by atoms with Crippen LogP contribution in [0.4, 0.5) is 5.69 Å². The van der Waals surface area contributed by atoms with Gasteiger partial charge >= 0.3 is 0 Å². The van der Waals surface area contributed by atoms with Crippen molar-refractivity contribution in [3.63, 3.8) is 0 Å². The average molecular weight is 401 g/mol. The summed E-state index contributed by atoms with van der Waals surface area (Å²) >= 11 is 7.52. The van der Waals surface area contributed by atoms with Crippen LogP contribution in [0.1, 0.15) is 25.8 Å². The van der Waals surface area contributed by atoms with Gasteiger partial charge in [-0.2, -0.15) is 0 Å². The molecule has 1 aliphatic heterocycles. The third-order valence-corrected chi connectivity index (χ3v) is 5.12. The Morgan fingerprint density at radius 3 is 2.67 bits per heavy atom. The van der Waals surface area contributed by atoms with Gasteiger partial charge in [0.05, 0.1) is 17.2 Å². The van der Waals surface area contributed by atoms with Crippen molar-refractivity contribution in [1.82, 2.24) is 4.90 Å². The van der Waals surface area contributed by atoms with Crippen LogP contribution in [0.15, 0.2) is 58.4 Å². The quantitative estimate of drug-likeness (QED) is 0.579. The second-order valence-electron chi connectivity index (χ2n) is 5.91. The van der Waals surface area contributed by atoms with E-state index in [1.165, 1.54) is 11.8 Å². The molecule has 3 rings (SSSR count). The zero-order chi connectivity index (χ0) is 19.2. The minimum Gasteiger partial charge on any atom is -0.493 e. The zero-order valence-electron chi connectivity index (χ0n) is 15.3. The number of thioether (sulfide) groups is 1. The van der Waals surface area contributed by atoms with Crippen molar-refractivity contribution < 1.29 is 9.53 Å². The first kappa shape index (κ1) is 19.5. The molecule has 0 unspecified atom stereocenters. The first-order valence-corrected chi connectivity index (χ1v) is 10.1. The fourth-order valence-corrected chi connectivity index (χ4v) is 3.88. The van der Waals surface area contributed by atoms with Gasteiger partial charge in [-0.3, -0.25) is 9.69 Å². The van der Waals surface area contributed by atoms with E-state index >= 15 is 0 Å². The molecule has 1 aliphatic rings. The Balaban J connectivity index is 1.97. The maximum atomic E-state index is 12.9. The lowest BCUT2D eigenvalue weighted by Crippen LogP contribution is -2.29. The molecule has 140 valence electrons. The Hall–Kier alpha value is -2.24. The molecule has 0 saturated carbocycles. The standard InChI is InChI=1S/C21H21ClN2O2S/c1-3-12-24-20(25)19(27-21(24)23-17-8-6-5-7-9-17)14-15-13-16(22)10-11-18(15)26-4-2/h5-11,13-14H,3-4,12H2,1-2H3/b19-14+,23-21?. The number of nitrogens with zero attached hydrogens (tertiary/aromatic N) is 2. The lowest BCUT2D eigenvalue weighted by atomic mass is 10.2. The number of hydrogen-bond donors (Lipinski definition) is 0. The number of hydrogen-bond acceptors (Lipinski definition) is 4. The Labute approximate surface area is 168 Å².